The molecule has 8 heteroatoms. The molecule has 0 unspecified atom stereocenters. The Morgan fingerprint density at radius 3 is 2.69 bits per heavy atom. The van der Waals surface area contributed by atoms with Crippen molar-refractivity contribution in [2.75, 3.05) is 7.11 Å². The summed E-state index contributed by atoms with van der Waals surface area (Å²) < 4.78 is 16.8. The number of benzene rings is 2. The zero-order valence-corrected chi connectivity index (χ0v) is 16.8. The zero-order chi connectivity index (χ0) is 20.6. The van der Waals surface area contributed by atoms with Gasteiger partial charge in [-0.25, -0.2) is 0 Å². The minimum absolute atomic E-state index is 0.375. The molecule has 1 heterocycles. The number of hydrogen-bond donors (Lipinski definition) is 2. The summed E-state index contributed by atoms with van der Waals surface area (Å²) in [4.78, 5) is 4.71. The van der Waals surface area contributed by atoms with Crippen LogP contribution in [0.5, 0.6) is 11.5 Å². The Hall–Kier alpha value is -3.23. The second kappa shape index (κ2) is 9.81. The average Bonchev–Trinajstić information content (AvgIpc) is 2.75. The van der Waals surface area contributed by atoms with Gasteiger partial charge in [0, 0.05) is 17.0 Å². The van der Waals surface area contributed by atoms with Crippen molar-refractivity contribution in [2.24, 2.45) is 16.1 Å². The van der Waals surface area contributed by atoms with Crippen LogP contribution in [-0.4, -0.2) is 18.5 Å². The molecule has 150 valence electrons. The number of rotatable bonds is 9. The molecule has 0 aliphatic rings. The maximum Gasteiger partial charge on any atom is 0.198 e. The highest BCUT2D eigenvalue weighted by Gasteiger charge is 2.14. The number of ether oxygens (including phenoxy) is 3. The Bertz CT molecular complexity index is 1030. The van der Waals surface area contributed by atoms with Crippen molar-refractivity contribution in [2.45, 2.75) is 12.4 Å². The fourth-order valence-electron chi connectivity index (χ4n) is 2.82. The first-order valence-corrected chi connectivity index (χ1v) is 9.79. The number of hydrogen-bond acceptors (Lipinski definition) is 8. The largest absolute Gasteiger partial charge is 0.493 e. The van der Waals surface area contributed by atoms with E-state index in [-0.39, 0.29) is 0 Å². The molecule has 2 aromatic carbocycles. The first-order valence-electron chi connectivity index (χ1n) is 8.74. The molecule has 0 saturated carbocycles. The lowest BCUT2D eigenvalue weighted by Crippen LogP contribution is -2.02. The summed E-state index contributed by atoms with van der Waals surface area (Å²) in [6, 6.07) is 15.6. The summed E-state index contributed by atoms with van der Waals surface area (Å²) in [5.41, 5.74) is 3.27. The van der Waals surface area contributed by atoms with Crippen LogP contribution in [0, 0.1) is 0 Å². The molecule has 0 fully saturated rings. The normalized spacial score (nSPS) is 11.0. The van der Waals surface area contributed by atoms with E-state index < -0.39 is 0 Å². The molecule has 1 aromatic heterocycles. The van der Waals surface area contributed by atoms with Crippen molar-refractivity contribution in [3.05, 3.63) is 71.9 Å². The second-order valence-corrected chi connectivity index (χ2v) is 6.68. The fraction of sp³-hybridized carbons (Fsp3) is 0.143. The van der Waals surface area contributed by atoms with Crippen LogP contribution >= 0.6 is 11.9 Å². The Morgan fingerprint density at radius 2 is 2.00 bits per heavy atom. The van der Waals surface area contributed by atoms with Crippen molar-refractivity contribution in [1.82, 2.24) is 4.98 Å². The van der Waals surface area contributed by atoms with Gasteiger partial charge in [0.2, 0.25) is 0 Å². The predicted molar refractivity (Wildman–Crippen MR) is 117 cm³/mol. The average molecular weight is 410 g/mol. The summed E-state index contributed by atoms with van der Waals surface area (Å²) in [6.45, 7) is 4.35. The molecular formula is C21H22N4O3S. The molecule has 0 saturated heterocycles. The molecule has 4 N–H and O–H groups in total. The van der Waals surface area contributed by atoms with Crippen LogP contribution in [-0.2, 0) is 17.1 Å². The number of pyridine rings is 1. The molecule has 29 heavy (non-hydrogen) atoms. The van der Waals surface area contributed by atoms with Gasteiger partial charge in [-0.2, -0.15) is 5.10 Å². The highest BCUT2D eigenvalue weighted by Crippen LogP contribution is 2.34. The standard InChI is InChI=1S/C21H22N4O3S/c1-14(28-13-24-22)17-8-16-9-21(27-11-15-6-4-3-5-7-15)20(26-2)10-18(16)25-19(17)12-29-23/h3-10,13H,1,11-12,22-23H2,2H3/b24-13-. The zero-order valence-electron chi connectivity index (χ0n) is 16.0. The molecule has 0 radical (unpaired) electrons. The van der Waals surface area contributed by atoms with Gasteiger partial charge in [0.05, 0.1) is 24.1 Å². The van der Waals surface area contributed by atoms with E-state index in [9.17, 15) is 0 Å². The van der Waals surface area contributed by atoms with Crippen molar-refractivity contribution < 1.29 is 14.2 Å². The van der Waals surface area contributed by atoms with E-state index in [1.54, 1.807) is 7.11 Å². The minimum atomic E-state index is 0.375. The molecule has 3 rings (SSSR count). The van der Waals surface area contributed by atoms with Crippen molar-refractivity contribution in [3.63, 3.8) is 0 Å². The van der Waals surface area contributed by atoms with Crippen molar-refractivity contribution >= 4 is 35.0 Å². The van der Waals surface area contributed by atoms with Gasteiger partial charge >= 0.3 is 0 Å². The molecule has 0 bridgehead atoms. The van der Waals surface area contributed by atoms with Crippen LogP contribution in [0.3, 0.4) is 0 Å². The molecule has 0 aliphatic carbocycles. The van der Waals surface area contributed by atoms with E-state index >= 15 is 0 Å². The SMILES string of the molecule is C=C(O/C=N\N)c1cc2cc(OCc3ccccc3)c(OC)cc2nc1CSN. The van der Waals surface area contributed by atoms with Crippen LogP contribution in [0.25, 0.3) is 16.7 Å². The van der Waals surface area contributed by atoms with Crippen LogP contribution in [0.15, 0.2) is 60.2 Å². The third kappa shape index (κ3) is 4.98. The predicted octanol–water partition coefficient (Wildman–Crippen LogP) is 3.82. The number of nitrogens with zero attached hydrogens (tertiary/aromatic N) is 2. The van der Waals surface area contributed by atoms with Gasteiger partial charge in [0.25, 0.3) is 0 Å². The van der Waals surface area contributed by atoms with E-state index in [4.69, 9.17) is 30.2 Å². The maximum atomic E-state index is 6.00. The van der Waals surface area contributed by atoms with Gasteiger partial charge in [-0.05, 0) is 17.7 Å². The molecular weight excluding hydrogens is 388 g/mol. The highest BCUT2D eigenvalue weighted by molar-refractivity contribution is 7.96. The molecule has 0 aliphatic heterocycles. The van der Waals surface area contributed by atoms with Crippen LogP contribution in [0.2, 0.25) is 0 Å². The number of aromatic nitrogens is 1. The monoisotopic (exact) mass is 410 g/mol. The fourth-order valence-corrected chi connectivity index (χ4v) is 3.20. The Balaban J connectivity index is 2.00. The summed E-state index contributed by atoms with van der Waals surface area (Å²) in [6.07, 6.45) is 1.12. The van der Waals surface area contributed by atoms with Crippen LogP contribution < -0.4 is 20.5 Å². The topological polar surface area (TPSA) is 105 Å². The first-order chi connectivity index (χ1) is 14.2. The molecule has 0 spiro atoms. The van der Waals surface area contributed by atoms with Crippen molar-refractivity contribution in [3.8, 4) is 11.5 Å². The van der Waals surface area contributed by atoms with E-state index in [1.165, 1.54) is 0 Å². The summed E-state index contributed by atoms with van der Waals surface area (Å²) in [5.74, 6) is 7.19. The summed E-state index contributed by atoms with van der Waals surface area (Å²) >= 11 is 1.16. The Morgan fingerprint density at radius 1 is 1.21 bits per heavy atom. The Kier molecular flexibility index (Phi) is 6.94. The lowest BCUT2D eigenvalue weighted by atomic mass is 10.1. The van der Waals surface area contributed by atoms with E-state index in [0.29, 0.717) is 29.6 Å². The van der Waals surface area contributed by atoms with Gasteiger partial charge in [0.15, 0.2) is 17.9 Å². The summed E-state index contributed by atoms with van der Waals surface area (Å²) in [7, 11) is 1.60. The quantitative estimate of drug-likeness (QED) is 0.138. The lowest BCUT2D eigenvalue weighted by molar-refractivity contribution is 0.285. The van der Waals surface area contributed by atoms with Gasteiger partial charge in [-0.3, -0.25) is 10.1 Å². The van der Waals surface area contributed by atoms with E-state index in [2.05, 4.69) is 11.7 Å². The first kappa shape index (κ1) is 20.5. The number of nitrogens with two attached hydrogens (primary N) is 2. The lowest BCUT2D eigenvalue weighted by Gasteiger charge is -2.15. The highest BCUT2D eigenvalue weighted by atomic mass is 32.2. The molecule has 3 aromatic rings. The van der Waals surface area contributed by atoms with E-state index in [1.807, 2.05) is 48.5 Å². The Labute approximate surface area is 173 Å². The molecule has 0 amide bonds. The third-order valence-electron chi connectivity index (χ3n) is 4.19. The van der Waals surface area contributed by atoms with Gasteiger partial charge < -0.3 is 20.1 Å². The number of hydrazone groups is 1. The van der Waals surface area contributed by atoms with Gasteiger partial charge in [-0.15, -0.1) is 0 Å². The van der Waals surface area contributed by atoms with Crippen LogP contribution in [0.4, 0.5) is 0 Å². The van der Waals surface area contributed by atoms with E-state index in [0.717, 1.165) is 46.1 Å². The maximum absolute atomic E-state index is 6.00. The molecule has 7 nitrogen and oxygen atoms in total. The minimum Gasteiger partial charge on any atom is -0.493 e. The van der Waals surface area contributed by atoms with Crippen LogP contribution in [0.1, 0.15) is 16.8 Å². The molecule has 0 atom stereocenters. The smallest absolute Gasteiger partial charge is 0.198 e. The number of fused-ring (bicyclic) bond motifs is 1. The van der Waals surface area contributed by atoms with Gasteiger partial charge in [0.1, 0.15) is 12.4 Å². The van der Waals surface area contributed by atoms with Gasteiger partial charge in [-0.1, -0.05) is 48.9 Å². The third-order valence-corrected chi connectivity index (χ3v) is 4.63. The summed E-state index contributed by atoms with van der Waals surface area (Å²) in [5, 5.41) is 9.85. The second-order valence-electron chi connectivity index (χ2n) is 6.06. The number of methoxy groups -OCH3 is 1. The van der Waals surface area contributed by atoms with Crippen molar-refractivity contribution in [1.29, 1.82) is 0 Å².